The average molecular weight is 1150 g/mol. The Morgan fingerprint density at radius 1 is 0.388 bits per heavy atom. The van der Waals surface area contributed by atoms with Crippen molar-refractivity contribution < 1.29 is 42.1 Å². The largest absolute Gasteiger partial charge is 0.472 e. The minimum atomic E-state index is -4.39. The standard InChI is InChI=1S/C70H136NO8P/c1-6-8-10-12-14-16-18-20-22-24-25-26-27-28-29-30-31-32-33-34-35-36-37-38-39-40-41-42-43-44-45-47-48-50-52-54-56-58-60-62-69(72)76-66-68(67-78-80(74,75)77-65-64-71(3,4)5)79-70(73)63-61-59-57-55-53-51-49-46-23-21-19-17-15-13-11-9-7-2/h15,17,21,23,68H,6-14,16,18-20,22,24-67H2,1-5H3/p+1/b17-15-,23-21-. The van der Waals surface area contributed by atoms with Gasteiger partial charge in [0.2, 0.25) is 0 Å². The summed E-state index contributed by atoms with van der Waals surface area (Å²) < 4.78 is 34.6. The highest BCUT2D eigenvalue weighted by Crippen LogP contribution is 2.43. The third-order valence-electron chi connectivity index (χ3n) is 16.0. The molecule has 9 nitrogen and oxygen atoms in total. The van der Waals surface area contributed by atoms with E-state index >= 15 is 0 Å². The first kappa shape index (κ1) is 78.5. The summed E-state index contributed by atoms with van der Waals surface area (Å²) in [5.74, 6) is -0.789. The van der Waals surface area contributed by atoms with Crippen molar-refractivity contribution in [3.63, 3.8) is 0 Å². The molecule has 0 aliphatic rings. The van der Waals surface area contributed by atoms with Crippen LogP contribution >= 0.6 is 7.82 Å². The molecular weight excluding hydrogens is 1010 g/mol. The molecule has 1 N–H and O–H groups in total. The van der Waals surface area contributed by atoms with Crippen molar-refractivity contribution in [1.82, 2.24) is 0 Å². The number of carbonyl (C=O) groups is 2. The molecule has 10 heteroatoms. The maximum Gasteiger partial charge on any atom is 0.472 e. The van der Waals surface area contributed by atoms with Crippen molar-refractivity contribution in [2.45, 2.75) is 367 Å². The monoisotopic (exact) mass is 1150 g/mol. The Hall–Kier alpha value is -1.51. The van der Waals surface area contributed by atoms with Gasteiger partial charge >= 0.3 is 19.8 Å². The highest BCUT2D eigenvalue weighted by atomic mass is 31.2. The number of carbonyl (C=O) groups excluding carboxylic acids is 2. The fourth-order valence-corrected chi connectivity index (χ4v) is 11.3. The average Bonchev–Trinajstić information content (AvgIpc) is 3.42. The Balaban J connectivity index is 3.85. The number of esters is 2. The smallest absolute Gasteiger partial charge is 0.462 e. The molecule has 0 aromatic rings. The quantitative estimate of drug-likeness (QED) is 0.0211. The Kier molecular flexibility index (Phi) is 60.9. The molecule has 2 atom stereocenters. The van der Waals surface area contributed by atoms with Crippen LogP contribution in [0.5, 0.6) is 0 Å². The lowest BCUT2D eigenvalue weighted by Crippen LogP contribution is -2.37. The number of rotatable bonds is 66. The van der Waals surface area contributed by atoms with Crippen LogP contribution in [0, 0.1) is 0 Å². The summed E-state index contributed by atoms with van der Waals surface area (Å²) in [5.41, 5.74) is 0. The Morgan fingerprint density at radius 3 is 1.01 bits per heavy atom. The molecule has 474 valence electrons. The van der Waals surface area contributed by atoms with Crippen LogP contribution in [0.1, 0.15) is 361 Å². The van der Waals surface area contributed by atoms with Crippen LogP contribution in [0.2, 0.25) is 0 Å². The van der Waals surface area contributed by atoms with Crippen LogP contribution in [-0.2, 0) is 32.7 Å². The summed E-state index contributed by atoms with van der Waals surface area (Å²) in [6, 6.07) is 0. The molecule has 0 saturated heterocycles. The number of nitrogens with zero attached hydrogens (tertiary/aromatic N) is 1. The molecule has 0 spiro atoms. The lowest BCUT2D eigenvalue weighted by Gasteiger charge is -2.24. The van der Waals surface area contributed by atoms with Gasteiger partial charge < -0.3 is 18.9 Å². The first-order chi connectivity index (χ1) is 39.0. The third kappa shape index (κ3) is 65.6. The number of unbranched alkanes of at least 4 members (excludes halogenated alkanes) is 48. The zero-order chi connectivity index (χ0) is 58.4. The summed E-state index contributed by atoms with van der Waals surface area (Å²) in [4.78, 5) is 35.8. The number of phosphoric ester groups is 1. The molecule has 0 aliphatic heterocycles. The van der Waals surface area contributed by atoms with Crippen molar-refractivity contribution in [1.29, 1.82) is 0 Å². The van der Waals surface area contributed by atoms with Gasteiger partial charge in [0.15, 0.2) is 6.10 Å². The maximum absolute atomic E-state index is 12.8. The molecule has 0 amide bonds. The van der Waals surface area contributed by atoms with Crippen LogP contribution in [-0.4, -0.2) is 74.9 Å². The molecule has 0 heterocycles. The topological polar surface area (TPSA) is 108 Å². The number of hydrogen-bond acceptors (Lipinski definition) is 7. The van der Waals surface area contributed by atoms with E-state index in [0.29, 0.717) is 23.9 Å². The number of ether oxygens (including phenoxy) is 2. The second-order valence-electron chi connectivity index (χ2n) is 25.3. The van der Waals surface area contributed by atoms with E-state index in [2.05, 4.69) is 38.2 Å². The van der Waals surface area contributed by atoms with E-state index in [-0.39, 0.29) is 25.6 Å². The molecule has 0 aromatic heterocycles. The summed E-state index contributed by atoms with van der Waals surface area (Å²) in [7, 11) is 1.49. The number of phosphoric acid groups is 1. The maximum atomic E-state index is 12.8. The van der Waals surface area contributed by atoms with E-state index in [9.17, 15) is 19.0 Å². The molecule has 0 aromatic carbocycles. The van der Waals surface area contributed by atoms with Crippen LogP contribution in [0.4, 0.5) is 0 Å². The fraction of sp³-hybridized carbons (Fsp3) is 0.914. The summed E-state index contributed by atoms with van der Waals surface area (Å²) in [6.45, 7) is 4.46. The Labute approximate surface area is 498 Å². The predicted octanol–water partition coefficient (Wildman–Crippen LogP) is 22.5. The Bertz CT molecular complexity index is 1400. The number of quaternary nitrogens is 1. The van der Waals surface area contributed by atoms with Gasteiger partial charge in [0.25, 0.3) is 0 Å². The third-order valence-corrected chi connectivity index (χ3v) is 17.0. The predicted molar refractivity (Wildman–Crippen MR) is 344 cm³/mol. The first-order valence-corrected chi connectivity index (χ1v) is 36.6. The van der Waals surface area contributed by atoms with E-state index in [1.807, 2.05) is 21.1 Å². The van der Waals surface area contributed by atoms with E-state index in [1.165, 1.54) is 276 Å². The van der Waals surface area contributed by atoms with E-state index in [1.54, 1.807) is 0 Å². The highest BCUT2D eigenvalue weighted by Gasteiger charge is 2.27. The SMILES string of the molecule is CCCCC/C=C\C/C=C\CCCCCCCCCC(=O)OC(COC(=O)CCCCCCCCCCCCCCCCCCCCCCCCCCCCCCCCCCCCCCCCC)COP(=O)(O)OCC[N+](C)(C)C. The molecule has 0 bridgehead atoms. The van der Waals surface area contributed by atoms with Gasteiger partial charge in [-0.3, -0.25) is 18.6 Å². The Morgan fingerprint density at radius 2 is 0.675 bits per heavy atom. The number of allylic oxidation sites excluding steroid dienone is 4. The zero-order valence-corrected chi connectivity index (χ0v) is 55.0. The molecule has 0 aliphatic carbocycles. The van der Waals surface area contributed by atoms with Crippen LogP contribution < -0.4 is 0 Å². The first-order valence-electron chi connectivity index (χ1n) is 35.1. The van der Waals surface area contributed by atoms with Crippen LogP contribution in [0.15, 0.2) is 24.3 Å². The second-order valence-corrected chi connectivity index (χ2v) is 26.7. The zero-order valence-electron chi connectivity index (χ0n) is 54.1. The van der Waals surface area contributed by atoms with Crippen molar-refractivity contribution in [3.05, 3.63) is 24.3 Å². The van der Waals surface area contributed by atoms with Crippen molar-refractivity contribution in [2.75, 3.05) is 47.5 Å². The van der Waals surface area contributed by atoms with Gasteiger partial charge in [-0.05, 0) is 44.9 Å². The van der Waals surface area contributed by atoms with Gasteiger partial charge in [-0.2, -0.15) is 0 Å². The van der Waals surface area contributed by atoms with E-state index < -0.39 is 26.5 Å². The van der Waals surface area contributed by atoms with Crippen molar-refractivity contribution in [2.24, 2.45) is 0 Å². The number of likely N-dealkylation sites (N-methyl/N-ethyl adjacent to an activating group) is 1. The number of hydrogen-bond donors (Lipinski definition) is 1. The molecule has 0 saturated carbocycles. The molecular formula is C70H137NO8P+. The van der Waals surface area contributed by atoms with Crippen molar-refractivity contribution >= 4 is 19.8 Å². The summed E-state index contributed by atoms with van der Waals surface area (Å²) in [6.07, 6.45) is 77.4. The molecule has 2 unspecified atom stereocenters. The van der Waals surface area contributed by atoms with Gasteiger partial charge in [-0.1, -0.05) is 327 Å². The molecule has 0 radical (unpaired) electrons. The highest BCUT2D eigenvalue weighted by molar-refractivity contribution is 7.47. The van der Waals surface area contributed by atoms with Gasteiger partial charge in [0, 0.05) is 12.8 Å². The fourth-order valence-electron chi connectivity index (χ4n) is 10.6. The molecule has 80 heavy (non-hydrogen) atoms. The van der Waals surface area contributed by atoms with Gasteiger partial charge in [-0.25, -0.2) is 4.57 Å². The van der Waals surface area contributed by atoms with Crippen molar-refractivity contribution in [3.8, 4) is 0 Å². The molecule has 0 fully saturated rings. The second kappa shape index (κ2) is 62.0. The summed E-state index contributed by atoms with van der Waals surface area (Å²) >= 11 is 0. The van der Waals surface area contributed by atoms with Crippen LogP contribution in [0.3, 0.4) is 0 Å². The van der Waals surface area contributed by atoms with E-state index in [4.69, 9.17) is 18.5 Å². The normalized spacial score (nSPS) is 13.2. The lowest BCUT2D eigenvalue weighted by atomic mass is 10.0. The summed E-state index contributed by atoms with van der Waals surface area (Å²) in [5, 5.41) is 0. The van der Waals surface area contributed by atoms with Gasteiger partial charge in [0.05, 0.1) is 27.7 Å². The minimum Gasteiger partial charge on any atom is -0.462 e. The molecule has 0 rings (SSSR count). The lowest BCUT2D eigenvalue weighted by molar-refractivity contribution is -0.870. The van der Waals surface area contributed by atoms with Crippen LogP contribution in [0.25, 0.3) is 0 Å². The minimum absolute atomic E-state index is 0.0324. The van der Waals surface area contributed by atoms with Gasteiger partial charge in [-0.15, -0.1) is 0 Å². The van der Waals surface area contributed by atoms with Gasteiger partial charge in [0.1, 0.15) is 19.8 Å². The van der Waals surface area contributed by atoms with E-state index in [0.717, 1.165) is 51.4 Å².